The molecule has 0 aliphatic carbocycles. The molecule has 0 saturated carbocycles. The molecule has 1 atom stereocenters. The summed E-state index contributed by atoms with van der Waals surface area (Å²) in [5.41, 5.74) is 1.14. The van der Waals surface area contributed by atoms with Crippen LogP contribution < -0.4 is 4.72 Å². The lowest BCUT2D eigenvalue weighted by Gasteiger charge is -2.08. The fraction of sp³-hybridized carbons (Fsp3) is 0.333. The SMILES string of the molecule is C[C@H](Cc1ccccc1)N[SH](=O)=O. The molecule has 0 radical (unpaired) electrons. The fourth-order valence-electron chi connectivity index (χ4n) is 1.19. The molecule has 3 nitrogen and oxygen atoms in total. The average Bonchev–Trinajstić information content (AvgIpc) is 2.04. The average molecular weight is 199 g/mol. The number of hydrogen-bond donors (Lipinski definition) is 2. The summed E-state index contributed by atoms with van der Waals surface area (Å²) < 4.78 is 23.1. The van der Waals surface area contributed by atoms with E-state index in [2.05, 4.69) is 4.72 Å². The van der Waals surface area contributed by atoms with Crippen LogP contribution in [-0.4, -0.2) is 14.5 Å². The van der Waals surface area contributed by atoms with E-state index >= 15 is 0 Å². The van der Waals surface area contributed by atoms with E-state index in [4.69, 9.17) is 0 Å². The van der Waals surface area contributed by atoms with Crippen molar-refractivity contribution in [1.29, 1.82) is 0 Å². The van der Waals surface area contributed by atoms with Crippen LogP contribution in [0.15, 0.2) is 30.3 Å². The lowest BCUT2D eigenvalue weighted by molar-refractivity contribution is 0.579. The Labute approximate surface area is 79.9 Å². The Bertz CT molecular complexity index is 314. The van der Waals surface area contributed by atoms with Gasteiger partial charge in [-0.05, 0) is 18.9 Å². The Morgan fingerprint density at radius 2 is 1.92 bits per heavy atom. The van der Waals surface area contributed by atoms with Gasteiger partial charge in [0.05, 0.1) is 0 Å². The molecule has 0 unspecified atom stereocenters. The molecule has 1 rings (SSSR count). The number of hydrogen-bond acceptors (Lipinski definition) is 2. The highest BCUT2D eigenvalue weighted by atomic mass is 32.2. The van der Waals surface area contributed by atoms with Crippen LogP contribution in [0, 0.1) is 0 Å². The van der Waals surface area contributed by atoms with E-state index in [-0.39, 0.29) is 6.04 Å². The van der Waals surface area contributed by atoms with Crippen LogP contribution in [-0.2, 0) is 17.3 Å². The van der Waals surface area contributed by atoms with Crippen molar-refractivity contribution < 1.29 is 8.42 Å². The van der Waals surface area contributed by atoms with Crippen molar-refractivity contribution in [2.75, 3.05) is 0 Å². The molecule has 0 bridgehead atoms. The van der Waals surface area contributed by atoms with Crippen LogP contribution in [0.3, 0.4) is 0 Å². The summed E-state index contributed by atoms with van der Waals surface area (Å²) in [6.07, 6.45) is 0.726. The van der Waals surface area contributed by atoms with Gasteiger partial charge in [0.25, 0.3) is 0 Å². The molecule has 0 aromatic heterocycles. The minimum absolute atomic E-state index is 0.0384. The maximum absolute atomic E-state index is 10.3. The van der Waals surface area contributed by atoms with Crippen molar-refractivity contribution in [3.05, 3.63) is 35.9 Å². The van der Waals surface area contributed by atoms with E-state index in [9.17, 15) is 8.42 Å². The molecule has 0 spiro atoms. The van der Waals surface area contributed by atoms with Crippen LogP contribution >= 0.6 is 0 Å². The lowest BCUT2D eigenvalue weighted by atomic mass is 10.1. The molecule has 13 heavy (non-hydrogen) atoms. The second-order valence-electron chi connectivity index (χ2n) is 2.98. The first-order chi connectivity index (χ1) is 6.18. The highest BCUT2D eigenvalue weighted by Crippen LogP contribution is 2.02. The maximum Gasteiger partial charge on any atom is 0.201 e. The third-order valence-electron chi connectivity index (χ3n) is 1.71. The van der Waals surface area contributed by atoms with Crippen molar-refractivity contribution in [3.63, 3.8) is 0 Å². The van der Waals surface area contributed by atoms with Gasteiger partial charge < -0.3 is 0 Å². The summed E-state index contributed by atoms with van der Waals surface area (Å²) in [5, 5.41) is 0. The van der Waals surface area contributed by atoms with Gasteiger partial charge in [-0.2, -0.15) is 0 Å². The molecule has 0 aliphatic heterocycles. The summed E-state index contributed by atoms with van der Waals surface area (Å²) in [6.45, 7) is 1.85. The summed E-state index contributed by atoms with van der Waals surface area (Å²) in [5.74, 6) is 0. The third-order valence-corrected chi connectivity index (χ3v) is 2.36. The lowest BCUT2D eigenvalue weighted by Crippen LogP contribution is -2.26. The standard InChI is InChI=1S/C9H13NO2S/c1-8(10-13(11)12)7-9-5-3-2-4-6-9/h2-6,8,13H,7H2,1H3,(H,10,11,12)/t8-/m1/s1. The molecule has 0 heterocycles. The number of benzene rings is 1. The first kappa shape index (κ1) is 10.2. The minimum Gasteiger partial charge on any atom is -0.216 e. The van der Waals surface area contributed by atoms with Gasteiger partial charge in [-0.25, -0.2) is 13.1 Å². The van der Waals surface area contributed by atoms with Crippen molar-refractivity contribution in [2.45, 2.75) is 19.4 Å². The Morgan fingerprint density at radius 1 is 1.31 bits per heavy atom. The van der Waals surface area contributed by atoms with E-state index in [1.807, 2.05) is 37.3 Å². The summed E-state index contributed by atoms with van der Waals surface area (Å²) >= 11 is 0. The fourth-order valence-corrected chi connectivity index (χ4v) is 1.64. The zero-order chi connectivity index (χ0) is 9.68. The van der Waals surface area contributed by atoms with Crippen LogP contribution in [0.1, 0.15) is 12.5 Å². The van der Waals surface area contributed by atoms with Crippen LogP contribution in [0.4, 0.5) is 0 Å². The second-order valence-corrected chi connectivity index (χ2v) is 3.75. The maximum atomic E-state index is 10.3. The van der Waals surface area contributed by atoms with Gasteiger partial charge in [-0.1, -0.05) is 30.3 Å². The highest BCUT2D eigenvalue weighted by Gasteiger charge is 2.02. The summed E-state index contributed by atoms with van der Waals surface area (Å²) in [7, 11) is -2.49. The van der Waals surface area contributed by atoms with Crippen molar-refractivity contribution >= 4 is 10.9 Å². The molecule has 0 aliphatic rings. The van der Waals surface area contributed by atoms with Crippen molar-refractivity contribution in [3.8, 4) is 0 Å². The third kappa shape index (κ3) is 4.05. The smallest absolute Gasteiger partial charge is 0.201 e. The van der Waals surface area contributed by atoms with Gasteiger partial charge in [0.1, 0.15) is 0 Å². The second kappa shape index (κ2) is 4.99. The largest absolute Gasteiger partial charge is 0.216 e. The molecule has 0 saturated heterocycles. The molecular weight excluding hydrogens is 186 g/mol. The molecule has 0 amide bonds. The Morgan fingerprint density at radius 3 is 2.46 bits per heavy atom. The number of rotatable bonds is 4. The van der Waals surface area contributed by atoms with E-state index in [1.165, 1.54) is 0 Å². The summed E-state index contributed by atoms with van der Waals surface area (Å²) in [4.78, 5) is 0. The van der Waals surface area contributed by atoms with Gasteiger partial charge in [0.2, 0.25) is 10.9 Å². The topological polar surface area (TPSA) is 46.2 Å². The Kier molecular flexibility index (Phi) is 3.92. The summed E-state index contributed by atoms with van der Waals surface area (Å²) in [6, 6.07) is 9.75. The van der Waals surface area contributed by atoms with Crippen molar-refractivity contribution in [1.82, 2.24) is 4.72 Å². The van der Waals surface area contributed by atoms with Crippen LogP contribution in [0.5, 0.6) is 0 Å². The molecule has 1 aromatic carbocycles. The molecule has 72 valence electrons. The first-order valence-electron chi connectivity index (χ1n) is 4.13. The minimum atomic E-state index is -2.49. The van der Waals surface area contributed by atoms with E-state index in [0.717, 1.165) is 12.0 Å². The van der Waals surface area contributed by atoms with Gasteiger partial charge in [-0.3, -0.25) is 0 Å². The van der Waals surface area contributed by atoms with E-state index in [0.29, 0.717) is 0 Å². The molecule has 0 fully saturated rings. The monoisotopic (exact) mass is 199 g/mol. The first-order valence-corrected chi connectivity index (χ1v) is 5.30. The highest BCUT2D eigenvalue weighted by molar-refractivity contribution is 7.70. The van der Waals surface area contributed by atoms with Crippen molar-refractivity contribution in [2.24, 2.45) is 0 Å². The van der Waals surface area contributed by atoms with E-state index < -0.39 is 10.9 Å². The normalized spacial score (nSPS) is 13.1. The molecule has 4 heteroatoms. The molecule has 1 N–H and O–H groups in total. The quantitative estimate of drug-likeness (QED) is 0.702. The van der Waals surface area contributed by atoms with Gasteiger partial charge >= 0.3 is 0 Å². The van der Waals surface area contributed by atoms with Gasteiger partial charge in [0, 0.05) is 6.04 Å². The Balaban J connectivity index is 2.50. The number of thiol groups is 1. The van der Waals surface area contributed by atoms with Gasteiger partial charge in [-0.15, -0.1) is 0 Å². The zero-order valence-corrected chi connectivity index (χ0v) is 8.33. The van der Waals surface area contributed by atoms with Crippen LogP contribution in [0.25, 0.3) is 0 Å². The predicted molar refractivity (Wildman–Crippen MR) is 53.1 cm³/mol. The number of nitrogens with one attached hydrogen (secondary N) is 1. The van der Waals surface area contributed by atoms with Crippen LogP contribution in [0.2, 0.25) is 0 Å². The Hall–Kier alpha value is -0.870. The van der Waals surface area contributed by atoms with Gasteiger partial charge in [0.15, 0.2) is 0 Å². The molecule has 1 aromatic rings. The zero-order valence-electron chi connectivity index (χ0n) is 7.43. The van der Waals surface area contributed by atoms with E-state index in [1.54, 1.807) is 0 Å². The predicted octanol–water partition coefficient (Wildman–Crippen LogP) is 0.734. The molecular formula is C9H13NO2S.